The van der Waals surface area contributed by atoms with Gasteiger partial charge in [-0.2, -0.15) is 5.26 Å². The highest BCUT2D eigenvalue weighted by Crippen LogP contribution is 2.32. The van der Waals surface area contributed by atoms with Gasteiger partial charge in [0, 0.05) is 17.1 Å². The van der Waals surface area contributed by atoms with E-state index in [4.69, 9.17) is 5.26 Å². The van der Waals surface area contributed by atoms with E-state index in [9.17, 15) is 0 Å². The lowest BCUT2D eigenvalue weighted by Crippen LogP contribution is -2.00. The SMILES string of the molecule is N#Cc1ccc2c(c1)CCC=C2c1cnsc1. The minimum Gasteiger partial charge on any atom is -0.201 e. The van der Waals surface area contributed by atoms with E-state index in [1.807, 2.05) is 18.3 Å². The smallest absolute Gasteiger partial charge is 0.0991 e. The van der Waals surface area contributed by atoms with Gasteiger partial charge in [0.25, 0.3) is 0 Å². The highest BCUT2D eigenvalue weighted by atomic mass is 32.1. The molecule has 0 bridgehead atoms. The number of aryl methyl sites for hydroxylation is 1. The van der Waals surface area contributed by atoms with Crippen LogP contribution in [0.4, 0.5) is 0 Å². The van der Waals surface area contributed by atoms with Crippen molar-refractivity contribution in [3.63, 3.8) is 0 Å². The predicted molar refractivity (Wildman–Crippen MR) is 68.7 cm³/mol. The van der Waals surface area contributed by atoms with Gasteiger partial charge in [-0.3, -0.25) is 0 Å². The summed E-state index contributed by atoms with van der Waals surface area (Å²) in [5, 5.41) is 11.0. The molecule has 1 heterocycles. The van der Waals surface area contributed by atoms with E-state index in [0.29, 0.717) is 0 Å². The molecule has 0 spiro atoms. The standard InChI is InChI=1S/C14H10N2S/c15-7-10-4-5-14-11(6-10)2-1-3-13(14)12-8-16-17-9-12/h3-6,8-9H,1-2H2. The van der Waals surface area contributed by atoms with Crippen LogP contribution in [-0.4, -0.2) is 4.37 Å². The first-order valence-corrected chi connectivity index (χ1v) is 6.35. The number of hydrogen-bond donors (Lipinski definition) is 0. The van der Waals surface area contributed by atoms with Crippen molar-refractivity contribution in [2.24, 2.45) is 0 Å². The Hall–Kier alpha value is -1.92. The number of aromatic nitrogens is 1. The number of rotatable bonds is 1. The van der Waals surface area contributed by atoms with Gasteiger partial charge in [0.2, 0.25) is 0 Å². The van der Waals surface area contributed by atoms with Crippen LogP contribution in [-0.2, 0) is 6.42 Å². The van der Waals surface area contributed by atoms with Crippen molar-refractivity contribution in [1.82, 2.24) is 4.37 Å². The van der Waals surface area contributed by atoms with E-state index < -0.39 is 0 Å². The number of fused-ring (bicyclic) bond motifs is 1. The third-order valence-corrected chi connectivity index (χ3v) is 3.62. The lowest BCUT2D eigenvalue weighted by Gasteiger charge is -2.17. The summed E-state index contributed by atoms with van der Waals surface area (Å²) in [6, 6.07) is 8.14. The molecular formula is C14H10N2S. The quantitative estimate of drug-likeness (QED) is 0.763. The zero-order valence-corrected chi connectivity index (χ0v) is 10.00. The maximum absolute atomic E-state index is 8.92. The van der Waals surface area contributed by atoms with Gasteiger partial charge >= 0.3 is 0 Å². The van der Waals surface area contributed by atoms with Crippen LogP contribution in [0.2, 0.25) is 0 Å². The van der Waals surface area contributed by atoms with Gasteiger partial charge in [-0.1, -0.05) is 12.1 Å². The molecule has 0 fully saturated rings. The van der Waals surface area contributed by atoms with Crippen LogP contribution < -0.4 is 0 Å². The molecule has 2 nitrogen and oxygen atoms in total. The van der Waals surface area contributed by atoms with Crippen molar-refractivity contribution in [3.8, 4) is 6.07 Å². The molecule has 2 aromatic rings. The molecule has 1 aliphatic carbocycles. The molecule has 0 radical (unpaired) electrons. The van der Waals surface area contributed by atoms with Crippen LogP contribution in [0.25, 0.3) is 5.57 Å². The fraction of sp³-hybridized carbons (Fsp3) is 0.143. The molecule has 0 atom stereocenters. The van der Waals surface area contributed by atoms with Gasteiger partial charge in [-0.15, -0.1) is 0 Å². The summed E-state index contributed by atoms with van der Waals surface area (Å²) in [7, 11) is 0. The first kappa shape index (κ1) is 10.2. The van der Waals surface area contributed by atoms with E-state index in [1.165, 1.54) is 33.8 Å². The molecule has 1 aliphatic rings. The molecule has 0 N–H and O–H groups in total. The van der Waals surface area contributed by atoms with E-state index >= 15 is 0 Å². The Morgan fingerprint density at radius 2 is 2.29 bits per heavy atom. The van der Waals surface area contributed by atoms with E-state index in [-0.39, 0.29) is 0 Å². The van der Waals surface area contributed by atoms with E-state index in [1.54, 1.807) is 0 Å². The van der Waals surface area contributed by atoms with Crippen LogP contribution in [0.5, 0.6) is 0 Å². The Morgan fingerprint density at radius 3 is 3.06 bits per heavy atom. The van der Waals surface area contributed by atoms with Crippen molar-refractivity contribution < 1.29 is 0 Å². The maximum Gasteiger partial charge on any atom is 0.0991 e. The minimum absolute atomic E-state index is 0.744. The lowest BCUT2D eigenvalue weighted by atomic mass is 9.87. The monoisotopic (exact) mass is 238 g/mol. The molecule has 3 heteroatoms. The molecular weight excluding hydrogens is 228 g/mol. The predicted octanol–water partition coefficient (Wildman–Crippen LogP) is 3.39. The molecule has 0 unspecified atom stereocenters. The minimum atomic E-state index is 0.744. The van der Waals surface area contributed by atoms with E-state index in [0.717, 1.165) is 18.4 Å². The van der Waals surface area contributed by atoms with Crippen LogP contribution in [0, 0.1) is 11.3 Å². The second-order valence-corrected chi connectivity index (χ2v) is 4.71. The van der Waals surface area contributed by atoms with Gasteiger partial charge in [0.05, 0.1) is 11.6 Å². The van der Waals surface area contributed by atoms with Crippen LogP contribution in [0.3, 0.4) is 0 Å². The highest BCUT2D eigenvalue weighted by Gasteiger charge is 2.15. The van der Waals surface area contributed by atoms with Gasteiger partial charge in [-0.25, -0.2) is 4.37 Å². The average Bonchev–Trinajstić information content (AvgIpc) is 2.91. The van der Waals surface area contributed by atoms with Crippen molar-refractivity contribution in [3.05, 3.63) is 58.1 Å². The van der Waals surface area contributed by atoms with Gasteiger partial charge in [0.15, 0.2) is 0 Å². The Labute approximate surface area is 104 Å². The van der Waals surface area contributed by atoms with Crippen LogP contribution in [0.15, 0.2) is 35.9 Å². The Bertz CT molecular complexity index is 618. The van der Waals surface area contributed by atoms with Gasteiger partial charge in [0.1, 0.15) is 0 Å². The molecule has 82 valence electrons. The summed E-state index contributed by atoms with van der Waals surface area (Å²) < 4.78 is 4.15. The fourth-order valence-electron chi connectivity index (χ4n) is 2.23. The van der Waals surface area contributed by atoms with Crippen molar-refractivity contribution in [2.45, 2.75) is 12.8 Å². The first-order chi connectivity index (χ1) is 8.38. The fourth-order valence-corrected chi connectivity index (χ4v) is 2.76. The third kappa shape index (κ3) is 1.77. The molecule has 1 aromatic carbocycles. The Kier molecular flexibility index (Phi) is 2.50. The van der Waals surface area contributed by atoms with Gasteiger partial charge in [-0.05, 0) is 53.2 Å². The average molecular weight is 238 g/mol. The summed E-state index contributed by atoms with van der Waals surface area (Å²) in [5.41, 5.74) is 5.70. The molecule has 0 aliphatic heterocycles. The summed E-state index contributed by atoms with van der Waals surface area (Å²) >= 11 is 1.47. The molecule has 17 heavy (non-hydrogen) atoms. The molecule has 0 amide bonds. The Morgan fingerprint density at radius 1 is 1.35 bits per heavy atom. The topological polar surface area (TPSA) is 36.7 Å². The maximum atomic E-state index is 8.92. The highest BCUT2D eigenvalue weighted by molar-refractivity contribution is 7.03. The largest absolute Gasteiger partial charge is 0.201 e. The number of allylic oxidation sites excluding steroid dienone is 1. The van der Waals surface area contributed by atoms with E-state index in [2.05, 4.69) is 28.0 Å². The number of nitrogens with zero attached hydrogens (tertiary/aromatic N) is 2. The zero-order valence-electron chi connectivity index (χ0n) is 9.18. The lowest BCUT2D eigenvalue weighted by molar-refractivity contribution is 0.976. The summed E-state index contributed by atoms with van der Waals surface area (Å²) in [6.45, 7) is 0. The molecule has 1 aromatic heterocycles. The number of nitriles is 1. The number of hydrogen-bond acceptors (Lipinski definition) is 3. The number of benzene rings is 1. The van der Waals surface area contributed by atoms with Gasteiger partial charge < -0.3 is 0 Å². The summed E-state index contributed by atoms with van der Waals surface area (Å²) in [4.78, 5) is 0. The van der Waals surface area contributed by atoms with Crippen LogP contribution in [0.1, 0.15) is 28.7 Å². The molecule has 0 saturated carbocycles. The molecule has 3 rings (SSSR count). The zero-order chi connectivity index (χ0) is 11.7. The third-order valence-electron chi connectivity index (χ3n) is 3.03. The first-order valence-electron chi connectivity index (χ1n) is 5.52. The molecule has 0 saturated heterocycles. The normalized spacial score (nSPS) is 13.7. The van der Waals surface area contributed by atoms with Crippen molar-refractivity contribution >= 4 is 17.1 Å². The summed E-state index contributed by atoms with van der Waals surface area (Å²) in [6.07, 6.45) is 6.22. The van der Waals surface area contributed by atoms with Crippen molar-refractivity contribution in [2.75, 3.05) is 0 Å². The summed E-state index contributed by atoms with van der Waals surface area (Å²) in [5.74, 6) is 0. The van der Waals surface area contributed by atoms with Crippen molar-refractivity contribution in [1.29, 1.82) is 5.26 Å². The second-order valence-electron chi connectivity index (χ2n) is 4.05. The van der Waals surface area contributed by atoms with Crippen LogP contribution >= 0.6 is 11.5 Å². The Balaban J connectivity index is 2.12. The second kappa shape index (κ2) is 4.15.